The number of sulfone groups is 1. The van der Waals surface area contributed by atoms with Crippen LogP contribution in [0.25, 0.3) is 0 Å². The third-order valence-electron chi connectivity index (χ3n) is 1.83. The highest BCUT2D eigenvalue weighted by Crippen LogP contribution is 2.21. The molecule has 0 aliphatic carbocycles. The van der Waals surface area contributed by atoms with E-state index in [0.29, 0.717) is 16.8 Å². The van der Waals surface area contributed by atoms with Gasteiger partial charge in [-0.1, -0.05) is 0 Å². The van der Waals surface area contributed by atoms with Gasteiger partial charge in [0.25, 0.3) is 0 Å². The van der Waals surface area contributed by atoms with Crippen LogP contribution >= 0.6 is 11.8 Å². The van der Waals surface area contributed by atoms with Gasteiger partial charge in [0, 0.05) is 5.25 Å². The third kappa shape index (κ3) is 2.16. The van der Waals surface area contributed by atoms with Crippen molar-refractivity contribution < 1.29 is 8.42 Å². The molecule has 0 amide bonds. The summed E-state index contributed by atoms with van der Waals surface area (Å²) in [7, 11) is -2.64. The Bertz CT molecular complexity index is 182. The van der Waals surface area contributed by atoms with Crippen LogP contribution in [0.4, 0.5) is 0 Å². The van der Waals surface area contributed by atoms with E-state index in [-0.39, 0.29) is 0 Å². The molecule has 0 saturated carbocycles. The van der Waals surface area contributed by atoms with E-state index in [4.69, 9.17) is 0 Å². The first-order chi connectivity index (χ1) is 4.64. The van der Waals surface area contributed by atoms with E-state index >= 15 is 0 Å². The maximum absolute atomic E-state index is 10.9. The Morgan fingerprint density at radius 2 is 1.80 bits per heavy atom. The van der Waals surface area contributed by atoms with Gasteiger partial charge >= 0.3 is 0 Å². The molecule has 0 N–H and O–H groups in total. The molecule has 1 rings (SSSR count). The summed E-state index contributed by atoms with van der Waals surface area (Å²) in [6, 6.07) is 0. The fraction of sp³-hybridized carbons (Fsp3) is 1.00. The first-order valence-corrected chi connectivity index (χ1v) is 6.48. The number of hydrogen-bond acceptors (Lipinski definition) is 3. The van der Waals surface area contributed by atoms with Crippen LogP contribution in [0, 0.1) is 0 Å². The Kier molecular flexibility index (Phi) is 2.63. The molecule has 2 nitrogen and oxygen atoms in total. The smallest absolute Gasteiger partial charge is 0.150 e. The van der Waals surface area contributed by atoms with E-state index in [2.05, 4.69) is 0 Å². The van der Waals surface area contributed by atoms with Crippen molar-refractivity contribution in [3.05, 3.63) is 0 Å². The molecule has 60 valence electrons. The zero-order chi connectivity index (χ0) is 7.61. The summed E-state index contributed by atoms with van der Waals surface area (Å²) < 4.78 is 21.8. The van der Waals surface area contributed by atoms with Crippen molar-refractivity contribution in [3.8, 4) is 0 Å². The van der Waals surface area contributed by atoms with E-state index in [9.17, 15) is 8.42 Å². The van der Waals surface area contributed by atoms with Crippen LogP contribution in [0.3, 0.4) is 0 Å². The lowest BCUT2D eigenvalue weighted by molar-refractivity contribution is 0.578. The lowest BCUT2D eigenvalue weighted by Gasteiger charge is -2.19. The molecule has 0 aromatic heterocycles. The Labute approximate surface area is 66.3 Å². The summed E-state index contributed by atoms with van der Waals surface area (Å²) in [5.41, 5.74) is 0. The lowest BCUT2D eigenvalue weighted by Crippen LogP contribution is -2.24. The minimum Gasteiger partial charge on any atom is -0.229 e. The Morgan fingerprint density at radius 3 is 2.20 bits per heavy atom. The minimum atomic E-state index is -2.64. The second kappa shape index (κ2) is 3.13. The van der Waals surface area contributed by atoms with Crippen LogP contribution in [0.2, 0.25) is 0 Å². The largest absolute Gasteiger partial charge is 0.229 e. The molecule has 1 aliphatic rings. The maximum atomic E-state index is 10.9. The molecule has 0 atom stereocenters. The zero-order valence-electron chi connectivity index (χ0n) is 6.04. The number of rotatable bonds is 1. The fourth-order valence-corrected chi connectivity index (χ4v) is 3.60. The molecular weight excluding hydrogens is 168 g/mol. The van der Waals surface area contributed by atoms with Crippen LogP contribution in [0.15, 0.2) is 0 Å². The van der Waals surface area contributed by atoms with Crippen molar-refractivity contribution in [3.63, 3.8) is 0 Å². The van der Waals surface area contributed by atoms with Gasteiger partial charge in [-0.2, -0.15) is 11.8 Å². The van der Waals surface area contributed by atoms with Gasteiger partial charge in [0.2, 0.25) is 0 Å². The van der Waals surface area contributed by atoms with E-state index in [0.717, 1.165) is 12.8 Å². The van der Waals surface area contributed by atoms with Gasteiger partial charge in [-0.3, -0.25) is 0 Å². The molecule has 0 aromatic carbocycles. The van der Waals surface area contributed by atoms with Crippen molar-refractivity contribution in [2.75, 3.05) is 17.8 Å². The fourth-order valence-electron chi connectivity index (χ4n) is 1.10. The van der Waals surface area contributed by atoms with Gasteiger partial charge in [0.15, 0.2) is 0 Å². The monoisotopic (exact) mass is 180 g/mol. The Balaban J connectivity index is 2.46. The molecule has 1 heterocycles. The van der Waals surface area contributed by atoms with Crippen LogP contribution in [-0.2, 0) is 9.84 Å². The van der Waals surface area contributed by atoms with Gasteiger partial charge in [0.1, 0.15) is 9.84 Å². The van der Waals surface area contributed by atoms with Crippen LogP contribution in [0.5, 0.6) is 0 Å². The molecule has 10 heavy (non-hydrogen) atoms. The molecule has 0 aromatic rings. The molecule has 1 aliphatic heterocycles. The Hall–Kier alpha value is 0.300. The van der Waals surface area contributed by atoms with Crippen LogP contribution in [0.1, 0.15) is 12.8 Å². The quantitative estimate of drug-likeness (QED) is 0.602. The molecule has 0 unspecified atom stereocenters. The average molecular weight is 180 g/mol. The second-order valence-corrected chi connectivity index (χ2v) is 6.03. The minimum absolute atomic E-state index is 0.401. The zero-order valence-corrected chi connectivity index (χ0v) is 7.67. The summed E-state index contributed by atoms with van der Waals surface area (Å²) >= 11 is 1.78. The summed E-state index contributed by atoms with van der Waals surface area (Å²) in [6.45, 7) is 0. The van der Waals surface area contributed by atoms with Gasteiger partial charge in [0.05, 0.1) is 11.5 Å². The van der Waals surface area contributed by atoms with E-state index in [1.54, 1.807) is 11.8 Å². The van der Waals surface area contributed by atoms with Crippen molar-refractivity contribution in [2.24, 2.45) is 0 Å². The van der Waals surface area contributed by atoms with E-state index in [1.165, 1.54) is 0 Å². The SMILES string of the molecule is CSC1CCS(=O)(=O)CC1. The average Bonchev–Trinajstić information content (AvgIpc) is 1.88. The lowest BCUT2D eigenvalue weighted by atomic mass is 10.2. The maximum Gasteiger partial charge on any atom is 0.150 e. The predicted octanol–water partition coefficient (Wildman–Crippen LogP) is 0.927. The molecule has 1 fully saturated rings. The van der Waals surface area contributed by atoms with Crippen molar-refractivity contribution in [1.82, 2.24) is 0 Å². The molecule has 0 radical (unpaired) electrons. The molecule has 0 bridgehead atoms. The predicted molar refractivity (Wildman–Crippen MR) is 45.2 cm³/mol. The summed E-state index contributed by atoms with van der Waals surface area (Å²) in [6.07, 6.45) is 3.75. The molecule has 1 saturated heterocycles. The van der Waals surface area contributed by atoms with Crippen molar-refractivity contribution in [1.29, 1.82) is 0 Å². The molecule has 4 heteroatoms. The van der Waals surface area contributed by atoms with Crippen LogP contribution in [-0.4, -0.2) is 31.4 Å². The normalized spacial score (nSPS) is 26.5. The standard InChI is InChI=1S/C6H12O2S2/c1-9-6-2-4-10(7,8)5-3-6/h6H,2-5H2,1H3. The highest BCUT2D eigenvalue weighted by atomic mass is 32.2. The first-order valence-electron chi connectivity index (χ1n) is 3.37. The van der Waals surface area contributed by atoms with Gasteiger partial charge in [-0.25, -0.2) is 8.42 Å². The Morgan fingerprint density at radius 1 is 1.30 bits per heavy atom. The second-order valence-electron chi connectivity index (χ2n) is 2.59. The van der Waals surface area contributed by atoms with Crippen molar-refractivity contribution in [2.45, 2.75) is 18.1 Å². The first kappa shape index (κ1) is 8.40. The number of hydrogen-bond donors (Lipinski definition) is 0. The van der Waals surface area contributed by atoms with E-state index in [1.807, 2.05) is 6.26 Å². The summed E-state index contributed by atoms with van der Waals surface area (Å²) in [5.74, 6) is 0.803. The number of thioether (sulfide) groups is 1. The van der Waals surface area contributed by atoms with Gasteiger partial charge in [-0.15, -0.1) is 0 Å². The molecule has 0 spiro atoms. The molecular formula is C6H12O2S2. The highest BCUT2D eigenvalue weighted by Gasteiger charge is 2.22. The summed E-state index contributed by atoms with van der Waals surface area (Å²) in [4.78, 5) is 0. The van der Waals surface area contributed by atoms with Crippen molar-refractivity contribution >= 4 is 21.6 Å². The third-order valence-corrected chi connectivity index (χ3v) is 4.69. The topological polar surface area (TPSA) is 34.1 Å². The van der Waals surface area contributed by atoms with E-state index < -0.39 is 9.84 Å². The van der Waals surface area contributed by atoms with Gasteiger partial charge in [-0.05, 0) is 19.1 Å². The van der Waals surface area contributed by atoms with Gasteiger partial charge < -0.3 is 0 Å². The van der Waals surface area contributed by atoms with Crippen LogP contribution < -0.4 is 0 Å². The highest BCUT2D eigenvalue weighted by molar-refractivity contribution is 7.99. The summed E-state index contributed by atoms with van der Waals surface area (Å²) in [5, 5.41) is 0.587.